The number of rotatable bonds is 4. The summed E-state index contributed by atoms with van der Waals surface area (Å²) in [5.74, 6) is -0.0310. The maximum atomic E-state index is 13.3. The van der Waals surface area contributed by atoms with Gasteiger partial charge in [0, 0.05) is 11.0 Å². The van der Waals surface area contributed by atoms with Crippen molar-refractivity contribution in [3.8, 4) is 0 Å². The molecular weight excluding hydrogens is 326 g/mol. The molecule has 1 heterocycles. The lowest BCUT2D eigenvalue weighted by atomic mass is 9.80. The molecule has 0 saturated carbocycles. The van der Waals surface area contributed by atoms with Gasteiger partial charge in [0.15, 0.2) is 0 Å². The third-order valence-corrected chi connectivity index (χ3v) is 5.40. The van der Waals surface area contributed by atoms with E-state index in [-0.39, 0.29) is 24.5 Å². The number of carbonyl (C=O) groups is 2. The van der Waals surface area contributed by atoms with E-state index in [9.17, 15) is 9.59 Å². The first-order chi connectivity index (χ1) is 12.6. The number of ether oxygens (including phenoxy) is 1. The van der Waals surface area contributed by atoms with Crippen molar-refractivity contribution in [3.63, 3.8) is 0 Å². The monoisotopic (exact) mass is 347 g/mol. The largest absolute Gasteiger partial charge is 0.446 e. The predicted octanol–water partition coefficient (Wildman–Crippen LogP) is 4.24. The van der Waals surface area contributed by atoms with Crippen LogP contribution in [0.15, 0.2) is 72.3 Å². The molecule has 1 saturated heterocycles. The lowest BCUT2D eigenvalue weighted by Gasteiger charge is -2.26. The topological polar surface area (TPSA) is 46.6 Å². The molecule has 1 aliphatic heterocycles. The van der Waals surface area contributed by atoms with Crippen LogP contribution in [0.2, 0.25) is 0 Å². The maximum absolute atomic E-state index is 13.3. The summed E-state index contributed by atoms with van der Waals surface area (Å²) in [6.07, 6.45) is 1.42. The van der Waals surface area contributed by atoms with Crippen LogP contribution >= 0.6 is 0 Å². The standard InChI is InChI=1S/C22H21NO3/c1-15(2)22(17-11-7-4-8-12-17)13-18(22)20(24)23-19(14-26-21(23)25)16-9-5-3-6-10-16/h3-13,15,19H,14H2,1-2H3/t19-,22+/m0/s1. The minimum Gasteiger partial charge on any atom is -0.446 e. The predicted molar refractivity (Wildman–Crippen MR) is 98.4 cm³/mol. The summed E-state index contributed by atoms with van der Waals surface area (Å²) in [6, 6.07) is 19.2. The number of carbonyl (C=O) groups excluding carboxylic acids is 2. The molecule has 0 radical (unpaired) electrons. The second kappa shape index (κ2) is 6.13. The average Bonchev–Trinajstić information content (AvgIpc) is 3.33. The Morgan fingerprint density at radius 2 is 1.69 bits per heavy atom. The highest BCUT2D eigenvalue weighted by Crippen LogP contribution is 2.53. The van der Waals surface area contributed by atoms with Crippen molar-refractivity contribution in [2.45, 2.75) is 25.3 Å². The molecule has 2 atom stereocenters. The van der Waals surface area contributed by atoms with Gasteiger partial charge in [-0.05, 0) is 17.0 Å². The summed E-state index contributed by atoms with van der Waals surface area (Å²) in [4.78, 5) is 26.8. The Balaban J connectivity index is 1.65. The fourth-order valence-electron chi connectivity index (χ4n) is 3.89. The molecular formula is C22H21NO3. The van der Waals surface area contributed by atoms with Gasteiger partial charge in [0.05, 0.1) is 0 Å². The lowest BCUT2D eigenvalue weighted by molar-refractivity contribution is -0.125. The SMILES string of the molecule is CC(C)[C@@]1(c2ccccc2)C=C1C(=O)N1C(=O)OC[C@H]1c1ccccc1. The van der Waals surface area contributed by atoms with E-state index in [1.807, 2.05) is 66.7 Å². The van der Waals surface area contributed by atoms with Crippen LogP contribution in [0, 0.1) is 5.92 Å². The molecule has 1 aliphatic carbocycles. The number of benzene rings is 2. The first kappa shape index (κ1) is 16.6. The smallest absolute Gasteiger partial charge is 0.417 e. The van der Waals surface area contributed by atoms with Gasteiger partial charge in [0.2, 0.25) is 0 Å². The van der Waals surface area contributed by atoms with E-state index in [2.05, 4.69) is 13.8 Å². The Morgan fingerprint density at radius 1 is 1.08 bits per heavy atom. The van der Waals surface area contributed by atoms with Crippen molar-refractivity contribution in [2.24, 2.45) is 5.92 Å². The van der Waals surface area contributed by atoms with Crippen molar-refractivity contribution < 1.29 is 14.3 Å². The highest BCUT2D eigenvalue weighted by molar-refractivity contribution is 6.09. The fraction of sp³-hybridized carbons (Fsp3) is 0.273. The maximum Gasteiger partial charge on any atom is 0.417 e. The summed E-state index contributed by atoms with van der Waals surface area (Å²) >= 11 is 0. The third kappa shape index (κ3) is 2.45. The fourth-order valence-corrected chi connectivity index (χ4v) is 3.89. The van der Waals surface area contributed by atoms with Gasteiger partial charge >= 0.3 is 6.09 Å². The van der Waals surface area contributed by atoms with Crippen LogP contribution < -0.4 is 0 Å². The van der Waals surface area contributed by atoms with Crippen LogP contribution in [0.25, 0.3) is 0 Å². The summed E-state index contributed by atoms with van der Waals surface area (Å²) in [5.41, 5.74) is 2.27. The zero-order valence-corrected chi connectivity index (χ0v) is 14.9. The van der Waals surface area contributed by atoms with Gasteiger partial charge in [-0.3, -0.25) is 4.79 Å². The van der Waals surface area contributed by atoms with Gasteiger partial charge in [-0.25, -0.2) is 9.69 Å². The molecule has 4 rings (SSSR count). The second-order valence-corrected chi connectivity index (χ2v) is 7.13. The average molecular weight is 347 g/mol. The Bertz CT molecular complexity index is 873. The number of hydrogen-bond acceptors (Lipinski definition) is 3. The minimum absolute atomic E-state index is 0.196. The van der Waals surface area contributed by atoms with Crippen LogP contribution in [0.4, 0.5) is 4.79 Å². The third-order valence-electron chi connectivity index (χ3n) is 5.40. The quantitative estimate of drug-likeness (QED) is 0.831. The Hall–Kier alpha value is -2.88. The molecule has 1 fully saturated rings. The van der Waals surface area contributed by atoms with Crippen molar-refractivity contribution >= 4 is 12.0 Å². The van der Waals surface area contributed by atoms with Gasteiger partial charge in [-0.2, -0.15) is 0 Å². The van der Waals surface area contributed by atoms with Crippen LogP contribution in [0.1, 0.15) is 31.0 Å². The van der Waals surface area contributed by atoms with Gasteiger partial charge in [-0.15, -0.1) is 0 Å². The molecule has 2 aromatic carbocycles. The van der Waals surface area contributed by atoms with E-state index < -0.39 is 11.5 Å². The van der Waals surface area contributed by atoms with Gasteiger partial charge in [-0.1, -0.05) is 80.6 Å². The number of amides is 2. The molecule has 0 unspecified atom stereocenters. The summed E-state index contributed by atoms with van der Waals surface area (Å²) in [5, 5.41) is 0. The van der Waals surface area contributed by atoms with Crippen molar-refractivity contribution in [1.29, 1.82) is 0 Å². The van der Waals surface area contributed by atoms with Crippen LogP contribution in [0.5, 0.6) is 0 Å². The van der Waals surface area contributed by atoms with E-state index in [0.717, 1.165) is 11.1 Å². The van der Waals surface area contributed by atoms with E-state index in [0.29, 0.717) is 5.57 Å². The van der Waals surface area contributed by atoms with E-state index in [4.69, 9.17) is 4.74 Å². The molecule has 132 valence electrons. The van der Waals surface area contributed by atoms with Crippen molar-refractivity contribution in [2.75, 3.05) is 6.61 Å². The number of imide groups is 1. The Morgan fingerprint density at radius 3 is 2.31 bits per heavy atom. The zero-order valence-electron chi connectivity index (χ0n) is 14.9. The summed E-state index contributed by atoms with van der Waals surface area (Å²) < 4.78 is 5.20. The number of cyclic esters (lactones) is 1. The Kier molecular flexibility index (Phi) is 3.91. The lowest BCUT2D eigenvalue weighted by Crippen LogP contribution is -2.36. The van der Waals surface area contributed by atoms with Gasteiger partial charge in [0.1, 0.15) is 12.6 Å². The molecule has 4 heteroatoms. The number of allylic oxidation sites excluding steroid dienone is 1. The molecule has 0 aromatic heterocycles. The van der Waals surface area contributed by atoms with E-state index >= 15 is 0 Å². The molecule has 26 heavy (non-hydrogen) atoms. The molecule has 2 aliphatic rings. The molecule has 2 aromatic rings. The second-order valence-electron chi connectivity index (χ2n) is 7.13. The molecule has 0 bridgehead atoms. The number of hydrogen-bond donors (Lipinski definition) is 0. The first-order valence-corrected chi connectivity index (χ1v) is 8.90. The van der Waals surface area contributed by atoms with Crippen LogP contribution in [-0.4, -0.2) is 23.5 Å². The molecule has 4 nitrogen and oxygen atoms in total. The minimum atomic E-state index is -0.567. The molecule has 0 N–H and O–H groups in total. The normalized spacial score (nSPS) is 24.4. The summed E-state index contributed by atoms with van der Waals surface area (Å²) in [6.45, 7) is 4.39. The zero-order chi connectivity index (χ0) is 18.3. The van der Waals surface area contributed by atoms with E-state index in [1.54, 1.807) is 0 Å². The number of nitrogens with zero attached hydrogens (tertiary/aromatic N) is 1. The van der Waals surface area contributed by atoms with Gasteiger partial charge in [0.25, 0.3) is 5.91 Å². The molecule has 0 spiro atoms. The van der Waals surface area contributed by atoms with E-state index in [1.165, 1.54) is 4.90 Å². The van der Waals surface area contributed by atoms with Crippen LogP contribution in [-0.2, 0) is 14.9 Å². The highest BCUT2D eigenvalue weighted by Gasteiger charge is 2.55. The van der Waals surface area contributed by atoms with Crippen LogP contribution in [0.3, 0.4) is 0 Å². The van der Waals surface area contributed by atoms with Crippen molar-refractivity contribution in [3.05, 3.63) is 83.4 Å². The highest BCUT2D eigenvalue weighted by atomic mass is 16.6. The first-order valence-electron chi connectivity index (χ1n) is 8.90. The van der Waals surface area contributed by atoms with Crippen molar-refractivity contribution in [1.82, 2.24) is 4.90 Å². The Labute approximate surface area is 153 Å². The summed E-state index contributed by atoms with van der Waals surface area (Å²) in [7, 11) is 0. The molecule has 2 amide bonds. The van der Waals surface area contributed by atoms with Gasteiger partial charge < -0.3 is 4.74 Å².